The topological polar surface area (TPSA) is 64.7 Å². The summed E-state index contributed by atoms with van der Waals surface area (Å²) in [6.07, 6.45) is 0. The molecule has 7 aromatic carbocycles. The number of nitrogens with zero attached hydrogens (tertiary/aromatic N) is 7. The van der Waals surface area contributed by atoms with E-state index in [1.54, 1.807) is 0 Å². The van der Waals surface area contributed by atoms with Gasteiger partial charge in [-0.1, -0.05) is 97.1 Å². The highest BCUT2D eigenvalue weighted by Crippen LogP contribution is 2.52. The van der Waals surface area contributed by atoms with Crippen LogP contribution in [0, 0.1) is 13.8 Å². The molecule has 0 spiro atoms. The average Bonchev–Trinajstić information content (AvgIpc) is 3.83. The van der Waals surface area contributed by atoms with Gasteiger partial charge < -0.3 is 4.90 Å². The Bertz CT molecular complexity index is 2720. The van der Waals surface area contributed by atoms with Crippen molar-refractivity contribution in [3.63, 3.8) is 0 Å². The van der Waals surface area contributed by atoms with Crippen molar-refractivity contribution in [2.45, 2.75) is 33.1 Å². The van der Waals surface area contributed by atoms with E-state index in [1.165, 1.54) is 22.5 Å². The van der Waals surface area contributed by atoms with Crippen LogP contribution in [0.15, 0.2) is 152 Å². The van der Waals surface area contributed by atoms with Gasteiger partial charge in [-0.05, 0) is 137 Å². The molecule has 10 rings (SSSR count). The first kappa shape index (κ1) is 31.8. The Morgan fingerprint density at radius 1 is 0.426 bits per heavy atom. The fourth-order valence-corrected chi connectivity index (χ4v) is 8.26. The fraction of sp³-hybridized carbons (Fsp3) is 0.106. The quantitative estimate of drug-likeness (QED) is 0.179. The molecule has 0 unspecified atom stereocenters. The summed E-state index contributed by atoms with van der Waals surface area (Å²) < 4.78 is 3.87. The van der Waals surface area contributed by atoms with Crippen LogP contribution in [0.4, 0.5) is 17.1 Å². The van der Waals surface area contributed by atoms with Gasteiger partial charge in [0.25, 0.3) is 0 Å². The van der Waals surface area contributed by atoms with Crippen LogP contribution in [0.3, 0.4) is 0 Å². The van der Waals surface area contributed by atoms with Gasteiger partial charge in [0.15, 0.2) is 0 Å². The van der Waals surface area contributed by atoms with Crippen LogP contribution >= 0.6 is 0 Å². The number of fused-ring (bicyclic) bond motifs is 4. The highest BCUT2D eigenvalue weighted by atomic mass is 15.4. The molecule has 0 amide bonds. The van der Waals surface area contributed by atoms with Crippen molar-refractivity contribution in [2.24, 2.45) is 0 Å². The van der Waals surface area contributed by atoms with Crippen molar-refractivity contribution in [3.05, 3.63) is 174 Å². The van der Waals surface area contributed by atoms with Crippen molar-refractivity contribution in [1.82, 2.24) is 30.0 Å². The summed E-state index contributed by atoms with van der Waals surface area (Å²) in [5.41, 5.74) is 18.4. The number of aryl methyl sites for hydroxylation is 2. The maximum Gasteiger partial charge on any atom is 0.113 e. The van der Waals surface area contributed by atoms with Gasteiger partial charge in [0, 0.05) is 11.1 Å². The van der Waals surface area contributed by atoms with E-state index in [0.29, 0.717) is 0 Å². The Labute approximate surface area is 313 Å². The second-order valence-corrected chi connectivity index (χ2v) is 14.7. The lowest BCUT2D eigenvalue weighted by Gasteiger charge is -2.42. The van der Waals surface area contributed by atoms with Crippen molar-refractivity contribution < 1.29 is 0 Å². The minimum absolute atomic E-state index is 0.152. The summed E-state index contributed by atoms with van der Waals surface area (Å²) in [4.78, 5) is 2.44. The van der Waals surface area contributed by atoms with Crippen LogP contribution in [0.1, 0.15) is 36.1 Å². The van der Waals surface area contributed by atoms with Crippen LogP contribution in [0.5, 0.6) is 0 Å². The number of aromatic nitrogens is 6. The van der Waals surface area contributed by atoms with Gasteiger partial charge in [0.1, 0.15) is 11.0 Å². The zero-order chi connectivity index (χ0) is 36.6. The van der Waals surface area contributed by atoms with E-state index >= 15 is 0 Å². The first-order valence-electron chi connectivity index (χ1n) is 18.3. The largest absolute Gasteiger partial charge is 0.310 e. The molecule has 7 heteroatoms. The summed E-state index contributed by atoms with van der Waals surface area (Å²) in [7, 11) is 0. The highest BCUT2D eigenvalue weighted by Gasteiger charge is 2.36. The lowest BCUT2D eigenvalue weighted by molar-refractivity contribution is 0.632. The Kier molecular flexibility index (Phi) is 7.14. The van der Waals surface area contributed by atoms with Crippen LogP contribution in [-0.2, 0) is 5.41 Å². The molecule has 1 aliphatic rings. The third-order valence-corrected chi connectivity index (χ3v) is 11.0. The number of hydrogen-bond donors (Lipinski definition) is 0. The van der Waals surface area contributed by atoms with Crippen LogP contribution in [0.2, 0.25) is 0 Å². The lowest BCUT2D eigenvalue weighted by atomic mass is 9.73. The van der Waals surface area contributed by atoms with E-state index < -0.39 is 0 Å². The monoisotopic (exact) mass is 699 g/mol. The van der Waals surface area contributed by atoms with Crippen molar-refractivity contribution in [1.29, 1.82) is 0 Å². The Morgan fingerprint density at radius 2 is 0.870 bits per heavy atom. The zero-order valence-corrected chi connectivity index (χ0v) is 30.6. The molecular weight excluding hydrogens is 663 g/mol. The smallest absolute Gasteiger partial charge is 0.113 e. The Balaban J connectivity index is 1.15. The van der Waals surface area contributed by atoms with Gasteiger partial charge in [-0.2, -0.15) is 0 Å². The molecule has 0 fully saturated rings. The maximum atomic E-state index is 4.51. The second-order valence-electron chi connectivity index (χ2n) is 14.7. The lowest BCUT2D eigenvalue weighted by Crippen LogP contribution is -2.30. The predicted molar refractivity (Wildman–Crippen MR) is 218 cm³/mol. The summed E-state index contributed by atoms with van der Waals surface area (Å²) in [5, 5.41) is 17.9. The highest BCUT2D eigenvalue weighted by molar-refractivity contribution is 5.90. The first-order valence-corrected chi connectivity index (χ1v) is 18.3. The van der Waals surface area contributed by atoms with Crippen molar-refractivity contribution >= 4 is 39.1 Å². The molecular formula is C47H37N7. The summed E-state index contributed by atoms with van der Waals surface area (Å²) in [6, 6.07) is 54.0. The molecule has 0 bridgehead atoms. The molecule has 0 N–H and O–H groups in total. The number of rotatable bonds is 5. The van der Waals surface area contributed by atoms with Gasteiger partial charge >= 0.3 is 0 Å². The first-order chi connectivity index (χ1) is 26.3. The molecule has 1 aliphatic heterocycles. The van der Waals surface area contributed by atoms with Gasteiger partial charge in [-0.15, -0.1) is 10.2 Å². The maximum absolute atomic E-state index is 4.51. The number of anilines is 3. The Hall–Kier alpha value is -6.86. The standard InChI is InChI=1S/C47H37N7/c1-30-25-32(21-23-41(30)53-45-19-11-7-15-39(45)48-50-53)34-27-35(33-22-24-42(31(2)26-33)54-46-20-12-8-16-40(46)49-51-54)29-36(28-34)52-43-17-9-5-13-37(43)47(3,4)38-14-6-10-18-44(38)52/h5-29H,1-4H3. The van der Waals surface area contributed by atoms with E-state index in [-0.39, 0.29) is 5.41 Å². The van der Waals surface area contributed by atoms with Crippen LogP contribution in [0.25, 0.3) is 55.7 Å². The number of benzene rings is 7. The predicted octanol–water partition coefficient (Wildman–Crippen LogP) is 11.2. The molecule has 2 aromatic heterocycles. The van der Waals surface area contributed by atoms with Crippen molar-refractivity contribution in [3.8, 4) is 33.6 Å². The SMILES string of the molecule is Cc1cc(-c2cc(-c3ccc(-n4nnc5ccccc54)c(C)c3)cc(N3c4ccccc4C(C)(C)c4ccccc43)c2)ccc1-n1nnc2ccccc21. The molecule has 0 saturated heterocycles. The van der Waals surface area contributed by atoms with Gasteiger partial charge in [-0.25, -0.2) is 9.36 Å². The van der Waals surface area contributed by atoms with E-state index in [4.69, 9.17) is 0 Å². The normalized spacial score (nSPS) is 13.3. The molecule has 0 radical (unpaired) electrons. The Morgan fingerprint density at radius 3 is 1.35 bits per heavy atom. The molecule has 0 aliphatic carbocycles. The van der Waals surface area contributed by atoms with Crippen molar-refractivity contribution in [2.75, 3.05) is 4.90 Å². The van der Waals surface area contributed by atoms with Crippen LogP contribution < -0.4 is 4.90 Å². The van der Waals surface area contributed by atoms with E-state index in [0.717, 1.165) is 72.5 Å². The minimum Gasteiger partial charge on any atom is -0.310 e. The summed E-state index contributed by atoms with van der Waals surface area (Å²) in [5.74, 6) is 0. The fourth-order valence-electron chi connectivity index (χ4n) is 8.26. The van der Waals surface area contributed by atoms with Gasteiger partial charge in [-0.3, -0.25) is 0 Å². The number of hydrogen-bond acceptors (Lipinski definition) is 5. The van der Waals surface area contributed by atoms with E-state index in [9.17, 15) is 0 Å². The van der Waals surface area contributed by atoms with E-state index in [2.05, 4.69) is 168 Å². The molecule has 7 nitrogen and oxygen atoms in total. The summed E-state index contributed by atoms with van der Waals surface area (Å²) in [6.45, 7) is 8.95. The number of para-hydroxylation sites is 4. The van der Waals surface area contributed by atoms with Gasteiger partial charge in [0.05, 0.1) is 33.8 Å². The van der Waals surface area contributed by atoms with E-state index in [1.807, 2.05) is 45.8 Å². The minimum atomic E-state index is -0.152. The van der Waals surface area contributed by atoms with Crippen LogP contribution in [-0.4, -0.2) is 30.0 Å². The third kappa shape index (κ3) is 4.96. The summed E-state index contributed by atoms with van der Waals surface area (Å²) >= 11 is 0. The zero-order valence-electron chi connectivity index (χ0n) is 30.6. The molecule has 260 valence electrons. The molecule has 0 saturated carbocycles. The second kappa shape index (κ2) is 12.1. The molecule has 0 atom stereocenters. The average molecular weight is 700 g/mol. The van der Waals surface area contributed by atoms with Gasteiger partial charge in [0.2, 0.25) is 0 Å². The molecule has 9 aromatic rings. The third-order valence-electron chi connectivity index (χ3n) is 11.0. The molecule has 3 heterocycles. The molecule has 54 heavy (non-hydrogen) atoms.